The Labute approximate surface area is 94.9 Å². The molecule has 16 heavy (non-hydrogen) atoms. The van der Waals surface area contributed by atoms with Crippen LogP contribution in [0.3, 0.4) is 0 Å². The van der Waals surface area contributed by atoms with Crippen LogP contribution in [0.25, 0.3) is 0 Å². The van der Waals surface area contributed by atoms with Gasteiger partial charge >= 0.3 is 6.18 Å². The quantitative estimate of drug-likeness (QED) is 0.612. The largest absolute Gasteiger partial charge is 0.473 e. The molecule has 0 atom stereocenters. The molecule has 1 aromatic heterocycles. The smallest absolute Gasteiger partial charge is 0.433 e. The van der Waals surface area contributed by atoms with Crippen LogP contribution in [0.5, 0.6) is 5.88 Å². The van der Waals surface area contributed by atoms with E-state index in [2.05, 4.69) is 9.97 Å². The minimum absolute atomic E-state index is 0.126. The second kappa shape index (κ2) is 5.16. The van der Waals surface area contributed by atoms with Crippen LogP contribution in [0.2, 0.25) is 5.28 Å². The van der Waals surface area contributed by atoms with Gasteiger partial charge in [-0.25, -0.2) is 4.98 Å². The Hall–Kier alpha value is -1.30. The van der Waals surface area contributed by atoms with Crippen molar-refractivity contribution in [3.8, 4) is 5.88 Å². The van der Waals surface area contributed by atoms with Gasteiger partial charge in [0.25, 0.3) is 0 Å². The van der Waals surface area contributed by atoms with E-state index in [1.165, 1.54) is 0 Å². The van der Waals surface area contributed by atoms with Crippen molar-refractivity contribution in [3.05, 3.63) is 29.2 Å². The van der Waals surface area contributed by atoms with Crippen molar-refractivity contribution in [3.63, 3.8) is 0 Å². The number of allylic oxidation sites excluding steroid dienone is 1. The summed E-state index contributed by atoms with van der Waals surface area (Å²) in [5.74, 6) is -0.203. The molecule has 0 aliphatic heterocycles. The molecule has 1 aromatic rings. The molecule has 0 N–H and O–H groups in total. The van der Waals surface area contributed by atoms with Crippen LogP contribution >= 0.6 is 11.6 Å². The summed E-state index contributed by atoms with van der Waals surface area (Å²) in [7, 11) is 0. The molecule has 1 heterocycles. The number of nitrogens with zero attached hydrogens (tertiary/aromatic N) is 2. The van der Waals surface area contributed by atoms with Crippen LogP contribution in [0, 0.1) is 0 Å². The molecule has 88 valence electrons. The van der Waals surface area contributed by atoms with Crippen molar-refractivity contribution in [2.24, 2.45) is 0 Å². The van der Waals surface area contributed by atoms with E-state index in [-0.39, 0.29) is 12.5 Å². The van der Waals surface area contributed by atoms with Crippen LogP contribution in [-0.2, 0) is 6.18 Å². The lowest BCUT2D eigenvalue weighted by Gasteiger charge is -2.08. The number of hydrogen-bond acceptors (Lipinski definition) is 3. The van der Waals surface area contributed by atoms with Crippen LogP contribution in [0.4, 0.5) is 13.2 Å². The van der Waals surface area contributed by atoms with Crippen molar-refractivity contribution in [1.82, 2.24) is 9.97 Å². The number of ether oxygens (including phenoxy) is 1. The van der Waals surface area contributed by atoms with Crippen LogP contribution in [0.1, 0.15) is 12.6 Å². The SMILES string of the molecule is C/C=C/COc1cc(C(F)(F)F)nc(Cl)n1. The van der Waals surface area contributed by atoms with Crippen LogP contribution < -0.4 is 4.74 Å². The van der Waals surface area contributed by atoms with Gasteiger partial charge in [-0.1, -0.05) is 12.2 Å². The molecule has 0 aliphatic rings. The molecular formula is C9H8ClF3N2O. The summed E-state index contributed by atoms with van der Waals surface area (Å²) in [6.45, 7) is 1.89. The van der Waals surface area contributed by atoms with Gasteiger partial charge in [0.05, 0.1) is 0 Å². The fourth-order valence-corrected chi connectivity index (χ4v) is 1.02. The van der Waals surface area contributed by atoms with E-state index in [0.29, 0.717) is 6.07 Å². The van der Waals surface area contributed by atoms with E-state index in [1.807, 2.05) is 0 Å². The molecule has 0 radical (unpaired) electrons. The first-order valence-electron chi connectivity index (χ1n) is 4.29. The Morgan fingerprint density at radius 1 is 1.44 bits per heavy atom. The number of rotatable bonds is 3. The highest BCUT2D eigenvalue weighted by molar-refractivity contribution is 6.28. The second-order valence-electron chi connectivity index (χ2n) is 2.74. The number of aromatic nitrogens is 2. The highest BCUT2D eigenvalue weighted by Gasteiger charge is 2.33. The van der Waals surface area contributed by atoms with Crippen molar-refractivity contribution in [2.45, 2.75) is 13.1 Å². The molecule has 0 spiro atoms. The van der Waals surface area contributed by atoms with E-state index < -0.39 is 17.2 Å². The summed E-state index contributed by atoms with van der Waals surface area (Å²) in [5.41, 5.74) is -1.12. The Kier molecular flexibility index (Phi) is 4.12. The molecule has 0 bridgehead atoms. The molecule has 1 rings (SSSR count). The third kappa shape index (κ3) is 3.69. The van der Waals surface area contributed by atoms with Crippen LogP contribution in [-0.4, -0.2) is 16.6 Å². The van der Waals surface area contributed by atoms with Gasteiger partial charge in [-0.3, -0.25) is 0 Å². The summed E-state index contributed by atoms with van der Waals surface area (Å²) in [6.07, 6.45) is -1.23. The van der Waals surface area contributed by atoms with E-state index in [4.69, 9.17) is 16.3 Å². The molecule has 0 saturated carbocycles. The van der Waals surface area contributed by atoms with Crippen LogP contribution in [0.15, 0.2) is 18.2 Å². The maximum absolute atomic E-state index is 12.3. The van der Waals surface area contributed by atoms with E-state index in [9.17, 15) is 13.2 Å². The van der Waals surface area contributed by atoms with Gasteiger partial charge in [-0.2, -0.15) is 18.2 Å². The monoisotopic (exact) mass is 252 g/mol. The highest BCUT2D eigenvalue weighted by Crippen LogP contribution is 2.30. The van der Waals surface area contributed by atoms with Gasteiger partial charge in [-0.05, 0) is 18.5 Å². The third-order valence-electron chi connectivity index (χ3n) is 1.53. The Morgan fingerprint density at radius 2 is 2.12 bits per heavy atom. The van der Waals surface area contributed by atoms with E-state index >= 15 is 0 Å². The lowest BCUT2D eigenvalue weighted by molar-refractivity contribution is -0.141. The first kappa shape index (κ1) is 12.8. The number of halogens is 4. The zero-order valence-electron chi connectivity index (χ0n) is 8.25. The van der Waals surface area contributed by atoms with Gasteiger partial charge in [0.15, 0.2) is 5.69 Å². The van der Waals surface area contributed by atoms with E-state index in [1.54, 1.807) is 19.1 Å². The molecule has 7 heteroatoms. The maximum Gasteiger partial charge on any atom is 0.433 e. The minimum Gasteiger partial charge on any atom is -0.473 e. The van der Waals surface area contributed by atoms with Crippen molar-refractivity contribution in [1.29, 1.82) is 0 Å². The zero-order valence-corrected chi connectivity index (χ0v) is 9.01. The molecule has 0 aliphatic carbocycles. The first-order chi connectivity index (χ1) is 7.43. The van der Waals surface area contributed by atoms with Gasteiger partial charge in [0.1, 0.15) is 6.61 Å². The Balaban J connectivity index is 2.90. The first-order valence-corrected chi connectivity index (χ1v) is 4.67. The third-order valence-corrected chi connectivity index (χ3v) is 1.70. The molecule has 0 aromatic carbocycles. The van der Waals surface area contributed by atoms with Crippen molar-refractivity contribution < 1.29 is 17.9 Å². The van der Waals surface area contributed by atoms with Crippen molar-refractivity contribution >= 4 is 11.6 Å². The molecule has 0 saturated heterocycles. The second-order valence-corrected chi connectivity index (χ2v) is 3.08. The number of hydrogen-bond donors (Lipinski definition) is 0. The normalized spacial score (nSPS) is 12.1. The standard InChI is InChI=1S/C9H8ClF3N2O/c1-2-3-4-16-7-5-6(9(11,12)13)14-8(10)15-7/h2-3,5H,4H2,1H3/b3-2+. The summed E-state index contributed by atoms with van der Waals surface area (Å²) in [5, 5.41) is -0.495. The van der Waals surface area contributed by atoms with Crippen molar-refractivity contribution in [2.75, 3.05) is 6.61 Å². The van der Waals surface area contributed by atoms with Gasteiger partial charge in [0.2, 0.25) is 11.2 Å². The Bertz CT molecular complexity index is 393. The number of alkyl halides is 3. The molecule has 0 unspecified atom stereocenters. The summed E-state index contributed by atoms with van der Waals surface area (Å²) < 4.78 is 41.9. The molecule has 0 fully saturated rings. The fraction of sp³-hybridized carbons (Fsp3) is 0.333. The lowest BCUT2D eigenvalue weighted by Crippen LogP contribution is -2.10. The fourth-order valence-electron chi connectivity index (χ4n) is 0.846. The van der Waals surface area contributed by atoms with E-state index in [0.717, 1.165) is 0 Å². The van der Waals surface area contributed by atoms with Gasteiger partial charge in [0, 0.05) is 6.07 Å². The molecular weight excluding hydrogens is 245 g/mol. The average Bonchev–Trinajstić information content (AvgIpc) is 2.16. The minimum atomic E-state index is -4.56. The highest BCUT2D eigenvalue weighted by atomic mass is 35.5. The maximum atomic E-state index is 12.3. The average molecular weight is 253 g/mol. The molecule has 0 amide bonds. The van der Waals surface area contributed by atoms with Gasteiger partial charge < -0.3 is 4.74 Å². The predicted octanol–water partition coefficient (Wildman–Crippen LogP) is 3.10. The summed E-state index contributed by atoms with van der Waals surface area (Å²) >= 11 is 5.35. The summed E-state index contributed by atoms with van der Waals surface area (Å²) in [4.78, 5) is 6.58. The summed E-state index contributed by atoms with van der Waals surface area (Å²) in [6, 6.07) is 0.704. The lowest BCUT2D eigenvalue weighted by atomic mass is 10.4. The van der Waals surface area contributed by atoms with Gasteiger partial charge in [-0.15, -0.1) is 0 Å². The zero-order chi connectivity index (χ0) is 12.2. The topological polar surface area (TPSA) is 35.0 Å². The Morgan fingerprint density at radius 3 is 2.69 bits per heavy atom. The predicted molar refractivity (Wildman–Crippen MR) is 52.4 cm³/mol. The molecule has 3 nitrogen and oxygen atoms in total.